The summed E-state index contributed by atoms with van der Waals surface area (Å²) in [6.07, 6.45) is 2.17. The largest absolute Gasteiger partial charge is 0.493 e. The van der Waals surface area contributed by atoms with Crippen LogP contribution >= 0.6 is 0 Å². The van der Waals surface area contributed by atoms with Crippen molar-refractivity contribution in [2.75, 3.05) is 14.2 Å². The fraction of sp³-hybridized carbons (Fsp3) is 0.130. The zero-order valence-electron chi connectivity index (χ0n) is 14.8. The summed E-state index contributed by atoms with van der Waals surface area (Å²) in [4.78, 5) is 0. The second-order valence-electron chi connectivity index (χ2n) is 6.13. The molecule has 0 spiro atoms. The molecule has 3 aromatic carbocycles. The Kier molecular flexibility index (Phi) is 4.36. The van der Waals surface area contributed by atoms with Gasteiger partial charge in [-0.25, -0.2) is 0 Å². The van der Waals surface area contributed by atoms with Crippen LogP contribution in [0.4, 0.5) is 0 Å². The summed E-state index contributed by atoms with van der Waals surface area (Å²) in [6.45, 7) is 0. The third kappa shape index (κ3) is 2.93. The molecule has 0 fully saturated rings. The first kappa shape index (κ1) is 16.3. The quantitative estimate of drug-likeness (QED) is 0.645. The van der Waals surface area contributed by atoms with Gasteiger partial charge in [-0.2, -0.15) is 0 Å². The molecule has 3 aromatic rings. The van der Waals surface area contributed by atoms with Crippen molar-refractivity contribution >= 4 is 5.76 Å². The lowest BCUT2D eigenvalue weighted by Crippen LogP contribution is -2.10. The van der Waals surface area contributed by atoms with Crippen LogP contribution in [0.25, 0.3) is 5.76 Å². The summed E-state index contributed by atoms with van der Waals surface area (Å²) in [5, 5.41) is 0. The Bertz CT molecular complexity index is 945. The molecule has 0 radical (unpaired) electrons. The highest BCUT2D eigenvalue weighted by Gasteiger charge is 2.24. The maximum absolute atomic E-state index is 6.21. The van der Waals surface area contributed by atoms with Gasteiger partial charge in [0.25, 0.3) is 0 Å². The van der Waals surface area contributed by atoms with Gasteiger partial charge in [0.15, 0.2) is 11.5 Å². The number of benzene rings is 3. The molecule has 0 saturated carbocycles. The van der Waals surface area contributed by atoms with Crippen molar-refractivity contribution in [2.24, 2.45) is 0 Å². The molecule has 0 saturated heterocycles. The average molecular weight is 344 g/mol. The summed E-state index contributed by atoms with van der Waals surface area (Å²) in [5.74, 6) is 3.23. The van der Waals surface area contributed by atoms with Crippen LogP contribution in [0.1, 0.15) is 22.6 Å². The summed E-state index contributed by atoms with van der Waals surface area (Å²) >= 11 is 0. The van der Waals surface area contributed by atoms with Gasteiger partial charge in [0.2, 0.25) is 0 Å². The Morgan fingerprint density at radius 3 is 2.27 bits per heavy atom. The molecular formula is C23H20O3. The average Bonchev–Trinajstić information content (AvgIpc) is 2.73. The molecule has 4 rings (SSSR count). The van der Waals surface area contributed by atoms with Crippen LogP contribution in [-0.2, 0) is 0 Å². The number of ether oxygens (including phenoxy) is 3. The molecule has 1 aliphatic rings. The molecule has 0 aliphatic carbocycles. The van der Waals surface area contributed by atoms with Gasteiger partial charge in [-0.3, -0.25) is 0 Å². The van der Waals surface area contributed by atoms with Crippen molar-refractivity contribution in [3.8, 4) is 17.2 Å². The number of hydrogen-bond acceptors (Lipinski definition) is 3. The fourth-order valence-electron chi connectivity index (χ4n) is 3.30. The monoisotopic (exact) mass is 344 g/mol. The summed E-state index contributed by atoms with van der Waals surface area (Å²) in [7, 11) is 3.27. The normalized spacial score (nSPS) is 15.5. The molecule has 0 aromatic heterocycles. The van der Waals surface area contributed by atoms with Crippen molar-refractivity contribution in [3.05, 3.63) is 95.6 Å². The van der Waals surface area contributed by atoms with E-state index in [0.717, 1.165) is 17.1 Å². The number of hydrogen-bond donors (Lipinski definition) is 0. The van der Waals surface area contributed by atoms with Crippen LogP contribution in [0, 0.1) is 0 Å². The molecule has 3 nitrogen and oxygen atoms in total. The predicted octanol–water partition coefficient (Wildman–Crippen LogP) is 5.27. The molecular weight excluding hydrogens is 324 g/mol. The highest BCUT2D eigenvalue weighted by molar-refractivity contribution is 5.70. The first-order valence-electron chi connectivity index (χ1n) is 8.56. The van der Waals surface area contributed by atoms with Crippen molar-refractivity contribution in [2.45, 2.75) is 5.92 Å². The van der Waals surface area contributed by atoms with E-state index in [2.05, 4.69) is 36.4 Å². The number of para-hydroxylation sites is 1. The predicted molar refractivity (Wildman–Crippen MR) is 103 cm³/mol. The van der Waals surface area contributed by atoms with Gasteiger partial charge in [-0.1, -0.05) is 48.5 Å². The molecule has 1 heterocycles. The topological polar surface area (TPSA) is 27.7 Å². The Labute approximate surface area is 153 Å². The van der Waals surface area contributed by atoms with Crippen molar-refractivity contribution in [1.82, 2.24) is 0 Å². The van der Waals surface area contributed by atoms with E-state index in [4.69, 9.17) is 14.2 Å². The zero-order valence-corrected chi connectivity index (χ0v) is 14.8. The second-order valence-corrected chi connectivity index (χ2v) is 6.13. The summed E-state index contributed by atoms with van der Waals surface area (Å²) in [5.41, 5.74) is 3.36. The molecule has 1 unspecified atom stereocenters. The van der Waals surface area contributed by atoms with Crippen molar-refractivity contribution in [1.29, 1.82) is 0 Å². The molecule has 130 valence electrons. The molecule has 1 atom stereocenters. The Morgan fingerprint density at radius 1 is 0.769 bits per heavy atom. The number of rotatable bonds is 4. The van der Waals surface area contributed by atoms with Crippen LogP contribution in [0.15, 0.2) is 78.9 Å². The lowest BCUT2D eigenvalue weighted by Gasteiger charge is -2.25. The van der Waals surface area contributed by atoms with Gasteiger partial charge < -0.3 is 14.2 Å². The van der Waals surface area contributed by atoms with Crippen molar-refractivity contribution in [3.63, 3.8) is 0 Å². The van der Waals surface area contributed by atoms with Crippen LogP contribution in [0.2, 0.25) is 0 Å². The smallest absolute Gasteiger partial charge is 0.161 e. The molecule has 0 amide bonds. The standard InChI is InChI=1S/C23H20O3/c1-24-21-13-12-17(14-23(21)25-2)22-15-19(16-8-4-3-5-9-16)18-10-6-7-11-20(18)26-22/h3-15,19H,1-2H3. The van der Waals surface area contributed by atoms with E-state index in [1.165, 1.54) is 11.1 Å². The first-order chi connectivity index (χ1) is 12.8. The van der Waals surface area contributed by atoms with E-state index < -0.39 is 0 Å². The Morgan fingerprint density at radius 2 is 1.50 bits per heavy atom. The van der Waals surface area contributed by atoms with Crippen LogP contribution in [0.5, 0.6) is 17.2 Å². The minimum Gasteiger partial charge on any atom is -0.493 e. The van der Waals surface area contributed by atoms with E-state index in [1.807, 2.05) is 42.5 Å². The van der Waals surface area contributed by atoms with E-state index in [1.54, 1.807) is 14.2 Å². The van der Waals surface area contributed by atoms with Crippen LogP contribution in [-0.4, -0.2) is 14.2 Å². The van der Waals surface area contributed by atoms with Crippen molar-refractivity contribution < 1.29 is 14.2 Å². The van der Waals surface area contributed by atoms with Gasteiger partial charge in [0.1, 0.15) is 11.5 Å². The fourth-order valence-corrected chi connectivity index (χ4v) is 3.30. The third-order valence-corrected chi connectivity index (χ3v) is 4.62. The lowest BCUT2D eigenvalue weighted by atomic mass is 9.88. The summed E-state index contributed by atoms with van der Waals surface area (Å²) in [6, 6.07) is 24.5. The molecule has 3 heteroatoms. The van der Waals surface area contributed by atoms with E-state index in [0.29, 0.717) is 11.5 Å². The molecule has 0 bridgehead atoms. The van der Waals surface area contributed by atoms with Crippen LogP contribution < -0.4 is 14.2 Å². The Balaban J connectivity index is 1.81. The second kappa shape index (κ2) is 6.96. The number of methoxy groups -OCH3 is 2. The highest BCUT2D eigenvalue weighted by atomic mass is 16.5. The minimum atomic E-state index is 0.143. The van der Waals surface area contributed by atoms with Gasteiger partial charge in [-0.15, -0.1) is 0 Å². The SMILES string of the molecule is COc1ccc(C2=CC(c3ccccc3)c3ccccc3O2)cc1OC. The van der Waals surface area contributed by atoms with E-state index in [-0.39, 0.29) is 5.92 Å². The Hall–Kier alpha value is -3.20. The maximum atomic E-state index is 6.21. The van der Waals surface area contributed by atoms with E-state index in [9.17, 15) is 0 Å². The lowest BCUT2D eigenvalue weighted by molar-refractivity contribution is 0.354. The van der Waals surface area contributed by atoms with Gasteiger partial charge in [0, 0.05) is 17.0 Å². The number of fused-ring (bicyclic) bond motifs is 1. The van der Waals surface area contributed by atoms with Gasteiger partial charge in [0.05, 0.1) is 14.2 Å². The maximum Gasteiger partial charge on any atom is 0.161 e. The van der Waals surface area contributed by atoms with Gasteiger partial charge >= 0.3 is 0 Å². The van der Waals surface area contributed by atoms with Crippen LogP contribution in [0.3, 0.4) is 0 Å². The first-order valence-corrected chi connectivity index (χ1v) is 8.56. The summed E-state index contributed by atoms with van der Waals surface area (Å²) < 4.78 is 17.0. The molecule has 0 N–H and O–H groups in total. The number of allylic oxidation sites excluding steroid dienone is 1. The zero-order chi connectivity index (χ0) is 17.9. The van der Waals surface area contributed by atoms with E-state index >= 15 is 0 Å². The molecule has 26 heavy (non-hydrogen) atoms. The third-order valence-electron chi connectivity index (χ3n) is 4.62. The van der Waals surface area contributed by atoms with Gasteiger partial charge in [-0.05, 0) is 35.9 Å². The highest BCUT2D eigenvalue weighted by Crippen LogP contribution is 2.41. The minimum absolute atomic E-state index is 0.143. The molecule has 1 aliphatic heterocycles.